The van der Waals surface area contributed by atoms with Gasteiger partial charge >= 0.3 is 0 Å². The van der Waals surface area contributed by atoms with Crippen molar-refractivity contribution in [3.8, 4) is 11.1 Å². The predicted molar refractivity (Wildman–Crippen MR) is 107 cm³/mol. The average molecular weight is 381 g/mol. The second kappa shape index (κ2) is 8.60. The van der Waals surface area contributed by atoms with Crippen LogP contribution in [0.15, 0.2) is 72.9 Å². The molecule has 0 radical (unpaired) electrons. The summed E-state index contributed by atoms with van der Waals surface area (Å²) in [6.07, 6.45) is 4.70. The Balaban J connectivity index is 1.68. The van der Waals surface area contributed by atoms with E-state index in [4.69, 9.17) is 11.6 Å². The highest BCUT2D eigenvalue weighted by molar-refractivity contribution is 6.29. The van der Waals surface area contributed by atoms with E-state index in [0.717, 1.165) is 16.7 Å². The zero-order chi connectivity index (χ0) is 19.2. The summed E-state index contributed by atoms with van der Waals surface area (Å²) in [6, 6.07) is 17.4. The van der Waals surface area contributed by atoms with Crippen molar-refractivity contribution in [2.45, 2.75) is 13.0 Å². The van der Waals surface area contributed by atoms with E-state index in [1.165, 1.54) is 18.2 Å². The van der Waals surface area contributed by atoms with E-state index < -0.39 is 0 Å². The molecule has 0 bridgehead atoms. The minimum Gasteiger partial charge on any atom is -0.346 e. The van der Waals surface area contributed by atoms with E-state index in [-0.39, 0.29) is 17.8 Å². The topological polar surface area (TPSA) is 42.0 Å². The summed E-state index contributed by atoms with van der Waals surface area (Å²) >= 11 is 5.83. The van der Waals surface area contributed by atoms with Crippen LogP contribution in [0, 0.1) is 5.82 Å². The van der Waals surface area contributed by atoms with Crippen LogP contribution < -0.4 is 5.32 Å². The third-order valence-corrected chi connectivity index (χ3v) is 4.31. The number of carbonyl (C=O) groups is 1. The normalized spacial score (nSPS) is 12.1. The maximum absolute atomic E-state index is 13.2. The molecule has 0 aliphatic carbocycles. The van der Waals surface area contributed by atoms with Crippen molar-refractivity contribution in [2.75, 3.05) is 0 Å². The van der Waals surface area contributed by atoms with Crippen molar-refractivity contribution in [2.24, 2.45) is 0 Å². The van der Waals surface area contributed by atoms with Crippen LogP contribution in [0.1, 0.15) is 24.1 Å². The number of benzene rings is 2. The molecule has 1 atom stereocenters. The molecule has 0 saturated carbocycles. The second-order valence-corrected chi connectivity index (χ2v) is 6.50. The van der Waals surface area contributed by atoms with E-state index in [0.29, 0.717) is 10.7 Å². The Morgan fingerprint density at radius 2 is 1.93 bits per heavy atom. The first-order valence-corrected chi connectivity index (χ1v) is 8.85. The number of hydrogen-bond acceptors (Lipinski definition) is 2. The number of rotatable bonds is 5. The van der Waals surface area contributed by atoms with Gasteiger partial charge in [-0.3, -0.25) is 4.79 Å². The molecule has 3 nitrogen and oxygen atoms in total. The fraction of sp³-hybridized carbons (Fsp3) is 0.0909. The van der Waals surface area contributed by atoms with Gasteiger partial charge in [0.2, 0.25) is 5.91 Å². The number of nitrogens with zero attached hydrogens (tertiary/aromatic N) is 1. The van der Waals surface area contributed by atoms with Crippen LogP contribution in [0.25, 0.3) is 17.2 Å². The monoisotopic (exact) mass is 380 g/mol. The molecule has 0 saturated heterocycles. The largest absolute Gasteiger partial charge is 0.346 e. The summed E-state index contributed by atoms with van der Waals surface area (Å²) < 4.78 is 13.2. The Labute approximate surface area is 162 Å². The maximum Gasteiger partial charge on any atom is 0.244 e. The lowest BCUT2D eigenvalue weighted by Crippen LogP contribution is -2.24. The Bertz CT molecular complexity index is 970. The van der Waals surface area contributed by atoms with E-state index >= 15 is 0 Å². The minimum atomic E-state index is -0.334. The molecule has 0 unspecified atom stereocenters. The van der Waals surface area contributed by atoms with E-state index in [9.17, 15) is 9.18 Å². The van der Waals surface area contributed by atoms with Crippen LogP contribution in [0.3, 0.4) is 0 Å². The summed E-state index contributed by atoms with van der Waals surface area (Å²) in [6.45, 7) is 1.91. The first kappa shape index (κ1) is 18.8. The van der Waals surface area contributed by atoms with Crippen LogP contribution in [0.4, 0.5) is 4.39 Å². The van der Waals surface area contributed by atoms with Gasteiger partial charge in [-0.1, -0.05) is 41.9 Å². The highest BCUT2D eigenvalue weighted by Crippen LogP contribution is 2.23. The quantitative estimate of drug-likeness (QED) is 0.473. The molecule has 3 aromatic rings. The van der Waals surface area contributed by atoms with Crippen molar-refractivity contribution < 1.29 is 9.18 Å². The number of halogens is 2. The molecule has 1 amide bonds. The zero-order valence-corrected chi connectivity index (χ0v) is 15.5. The van der Waals surface area contributed by atoms with E-state index in [2.05, 4.69) is 10.3 Å². The first-order valence-electron chi connectivity index (χ1n) is 8.47. The number of nitrogens with one attached hydrogen (secondary N) is 1. The molecule has 1 aromatic heterocycles. The van der Waals surface area contributed by atoms with Crippen molar-refractivity contribution in [3.05, 3.63) is 95.0 Å². The molecule has 3 rings (SSSR count). The lowest BCUT2D eigenvalue weighted by Gasteiger charge is -2.14. The van der Waals surface area contributed by atoms with Crippen molar-refractivity contribution >= 4 is 23.6 Å². The van der Waals surface area contributed by atoms with Gasteiger partial charge in [-0.15, -0.1) is 0 Å². The average Bonchev–Trinajstić information content (AvgIpc) is 2.67. The zero-order valence-electron chi connectivity index (χ0n) is 14.7. The number of amides is 1. The fourth-order valence-corrected chi connectivity index (χ4v) is 2.77. The van der Waals surface area contributed by atoms with Crippen molar-refractivity contribution in [1.29, 1.82) is 0 Å². The molecule has 2 aromatic carbocycles. The minimum absolute atomic E-state index is 0.185. The van der Waals surface area contributed by atoms with Gasteiger partial charge in [-0.2, -0.15) is 0 Å². The van der Waals surface area contributed by atoms with Crippen molar-refractivity contribution in [1.82, 2.24) is 10.3 Å². The molecule has 5 heteroatoms. The number of hydrogen-bond donors (Lipinski definition) is 1. The second-order valence-electron chi connectivity index (χ2n) is 6.11. The molecule has 27 heavy (non-hydrogen) atoms. The number of carbonyl (C=O) groups excluding carboxylic acids is 1. The smallest absolute Gasteiger partial charge is 0.244 e. The van der Waals surface area contributed by atoms with Crippen LogP contribution in [0.2, 0.25) is 5.15 Å². The summed E-state index contributed by atoms with van der Waals surface area (Å²) in [7, 11) is 0. The summed E-state index contributed by atoms with van der Waals surface area (Å²) in [5.41, 5.74) is 3.55. The number of aromatic nitrogens is 1. The van der Waals surface area contributed by atoms with E-state index in [1.54, 1.807) is 30.5 Å². The molecule has 1 N–H and O–H groups in total. The van der Waals surface area contributed by atoms with Gasteiger partial charge < -0.3 is 5.32 Å². The summed E-state index contributed by atoms with van der Waals surface area (Å²) in [5, 5.41) is 3.36. The van der Waals surface area contributed by atoms with Gasteiger partial charge in [0.15, 0.2) is 0 Å². The molecule has 0 spiro atoms. The van der Waals surface area contributed by atoms with Gasteiger partial charge in [0.05, 0.1) is 6.04 Å². The molecule has 0 fully saturated rings. The standard InChI is InChI=1S/C22H18ClFN2O/c1-15(26-22(27)11-8-16-4-2-7-20(24)12-16)17-5-3-6-18(13-17)19-9-10-21(23)25-14-19/h2-15H,1H3,(H,26,27)/t15-/m0/s1. The fourth-order valence-electron chi connectivity index (χ4n) is 2.66. The maximum atomic E-state index is 13.2. The molecular formula is C22H18ClFN2O. The Kier molecular flexibility index (Phi) is 5.99. The predicted octanol–water partition coefficient (Wildman–Crippen LogP) is 5.43. The van der Waals surface area contributed by atoms with Crippen LogP contribution in [-0.2, 0) is 4.79 Å². The van der Waals surface area contributed by atoms with Crippen LogP contribution in [-0.4, -0.2) is 10.9 Å². The molecular weight excluding hydrogens is 363 g/mol. The lowest BCUT2D eigenvalue weighted by molar-refractivity contribution is -0.117. The Hall–Kier alpha value is -2.98. The third kappa shape index (κ3) is 5.25. The summed E-state index contributed by atoms with van der Waals surface area (Å²) in [4.78, 5) is 16.3. The van der Waals surface area contributed by atoms with Crippen LogP contribution >= 0.6 is 11.6 Å². The Morgan fingerprint density at radius 3 is 2.67 bits per heavy atom. The third-order valence-electron chi connectivity index (χ3n) is 4.08. The highest BCUT2D eigenvalue weighted by Gasteiger charge is 2.09. The number of pyridine rings is 1. The SMILES string of the molecule is C[C@H](NC(=O)C=Cc1cccc(F)c1)c1cccc(-c2ccc(Cl)nc2)c1. The molecule has 136 valence electrons. The van der Waals surface area contributed by atoms with Crippen molar-refractivity contribution in [3.63, 3.8) is 0 Å². The van der Waals surface area contributed by atoms with Gasteiger partial charge in [0.1, 0.15) is 11.0 Å². The Morgan fingerprint density at radius 1 is 1.11 bits per heavy atom. The van der Waals surface area contributed by atoms with Gasteiger partial charge in [0.25, 0.3) is 0 Å². The van der Waals surface area contributed by atoms with Crippen LogP contribution in [0.5, 0.6) is 0 Å². The van der Waals surface area contributed by atoms with Gasteiger partial charge in [0, 0.05) is 17.8 Å². The van der Waals surface area contributed by atoms with Gasteiger partial charge in [-0.25, -0.2) is 9.37 Å². The molecule has 0 aliphatic rings. The molecule has 1 heterocycles. The van der Waals surface area contributed by atoms with E-state index in [1.807, 2.05) is 37.3 Å². The summed E-state index contributed by atoms with van der Waals surface area (Å²) in [5.74, 6) is -0.579. The molecule has 0 aliphatic heterocycles. The first-order chi connectivity index (χ1) is 13.0. The highest BCUT2D eigenvalue weighted by atomic mass is 35.5. The van der Waals surface area contributed by atoms with Gasteiger partial charge in [-0.05, 0) is 60.0 Å². The lowest BCUT2D eigenvalue weighted by atomic mass is 10.0.